The molecule has 0 heterocycles. The van der Waals surface area contributed by atoms with Gasteiger partial charge in [-0.2, -0.15) is 5.26 Å². The summed E-state index contributed by atoms with van der Waals surface area (Å²) in [5.74, 6) is -0.491. The fourth-order valence-corrected chi connectivity index (χ4v) is 1.79. The van der Waals surface area contributed by atoms with Gasteiger partial charge in [-0.1, -0.05) is 19.1 Å². The Bertz CT molecular complexity index is 628. The van der Waals surface area contributed by atoms with Gasteiger partial charge in [-0.3, -0.25) is 14.9 Å². The summed E-state index contributed by atoms with van der Waals surface area (Å²) in [5.41, 5.74) is 0.978. The molecule has 0 bridgehead atoms. The minimum absolute atomic E-state index is 0.00666. The van der Waals surface area contributed by atoms with Gasteiger partial charge in [-0.25, -0.2) is 0 Å². The molecule has 0 unspecified atom stereocenters. The molecule has 6 heteroatoms. The van der Waals surface area contributed by atoms with Gasteiger partial charge in [-0.05, 0) is 31.9 Å². The average molecular weight is 287 g/mol. The van der Waals surface area contributed by atoms with Crippen molar-refractivity contribution >= 4 is 17.7 Å². The van der Waals surface area contributed by atoms with Crippen molar-refractivity contribution in [1.29, 1.82) is 5.26 Å². The van der Waals surface area contributed by atoms with Crippen LogP contribution >= 0.6 is 0 Å². The number of hydrogen-bond donors (Lipinski definition) is 1. The van der Waals surface area contributed by atoms with Gasteiger partial charge < -0.3 is 5.32 Å². The number of rotatable bonds is 5. The molecular formula is C15H17N3O3. The molecule has 0 saturated heterocycles. The second-order valence-electron chi connectivity index (χ2n) is 4.80. The molecule has 1 amide bonds. The van der Waals surface area contributed by atoms with Crippen molar-refractivity contribution in [2.45, 2.75) is 33.2 Å². The Hall–Kier alpha value is -2.68. The third-order valence-corrected chi connectivity index (χ3v) is 2.78. The summed E-state index contributed by atoms with van der Waals surface area (Å²) in [4.78, 5) is 22.3. The maximum Gasteiger partial charge on any atom is 0.273 e. The number of nitrogens with one attached hydrogen (secondary N) is 1. The van der Waals surface area contributed by atoms with Gasteiger partial charge in [0, 0.05) is 17.7 Å². The summed E-state index contributed by atoms with van der Waals surface area (Å²) in [6, 6.07) is 6.39. The zero-order valence-electron chi connectivity index (χ0n) is 12.2. The van der Waals surface area contributed by atoms with Gasteiger partial charge in [0.25, 0.3) is 11.6 Å². The molecule has 1 N–H and O–H groups in total. The Morgan fingerprint density at radius 1 is 1.52 bits per heavy atom. The van der Waals surface area contributed by atoms with Crippen molar-refractivity contribution < 1.29 is 9.72 Å². The van der Waals surface area contributed by atoms with E-state index in [2.05, 4.69) is 5.32 Å². The van der Waals surface area contributed by atoms with Crippen LogP contribution in [-0.2, 0) is 11.2 Å². The predicted octanol–water partition coefficient (Wildman–Crippen LogP) is 2.59. The predicted molar refractivity (Wildman–Crippen MR) is 79.3 cm³/mol. The van der Waals surface area contributed by atoms with Crippen LogP contribution in [-0.4, -0.2) is 16.9 Å². The van der Waals surface area contributed by atoms with Crippen molar-refractivity contribution in [3.05, 3.63) is 45.0 Å². The number of carbonyl (C=O) groups excluding carboxylic acids is 1. The first-order chi connectivity index (χ1) is 9.88. The van der Waals surface area contributed by atoms with Gasteiger partial charge in [0.1, 0.15) is 11.6 Å². The second kappa shape index (κ2) is 7.20. The lowest BCUT2D eigenvalue weighted by molar-refractivity contribution is -0.385. The molecule has 0 aliphatic rings. The zero-order chi connectivity index (χ0) is 16.0. The summed E-state index contributed by atoms with van der Waals surface area (Å²) < 4.78 is 0. The molecule has 0 aliphatic heterocycles. The van der Waals surface area contributed by atoms with E-state index >= 15 is 0 Å². The lowest BCUT2D eigenvalue weighted by Crippen LogP contribution is -2.30. The van der Waals surface area contributed by atoms with Crippen molar-refractivity contribution in [2.24, 2.45) is 0 Å². The summed E-state index contributed by atoms with van der Waals surface area (Å²) >= 11 is 0. The number of nitro benzene ring substituents is 1. The summed E-state index contributed by atoms with van der Waals surface area (Å²) in [5, 5.41) is 22.7. The van der Waals surface area contributed by atoms with Crippen LogP contribution in [0.2, 0.25) is 0 Å². The molecule has 0 spiro atoms. The van der Waals surface area contributed by atoms with Gasteiger partial charge >= 0.3 is 0 Å². The van der Waals surface area contributed by atoms with E-state index in [0.29, 0.717) is 17.5 Å². The molecule has 21 heavy (non-hydrogen) atoms. The fourth-order valence-electron chi connectivity index (χ4n) is 1.79. The molecule has 0 aliphatic carbocycles. The molecule has 1 aromatic rings. The molecule has 0 aromatic heterocycles. The molecule has 110 valence electrons. The Morgan fingerprint density at radius 3 is 2.67 bits per heavy atom. The Morgan fingerprint density at radius 2 is 2.19 bits per heavy atom. The van der Waals surface area contributed by atoms with E-state index in [4.69, 9.17) is 5.26 Å². The van der Waals surface area contributed by atoms with E-state index in [9.17, 15) is 14.9 Å². The highest BCUT2D eigenvalue weighted by molar-refractivity contribution is 6.01. The second-order valence-corrected chi connectivity index (χ2v) is 4.80. The Balaban J connectivity index is 3.18. The van der Waals surface area contributed by atoms with Gasteiger partial charge in [0.2, 0.25) is 0 Å². The molecule has 0 atom stereocenters. The highest BCUT2D eigenvalue weighted by atomic mass is 16.6. The third-order valence-electron chi connectivity index (χ3n) is 2.78. The summed E-state index contributed by atoms with van der Waals surface area (Å²) in [7, 11) is 0. The molecule has 1 rings (SSSR count). The minimum Gasteiger partial charge on any atom is -0.349 e. The molecule has 0 radical (unpaired) electrons. The number of aryl methyl sites for hydroxylation is 1. The molecular weight excluding hydrogens is 270 g/mol. The molecule has 6 nitrogen and oxygen atoms in total. The van der Waals surface area contributed by atoms with Crippen LogP contribution in [0.1, 0.15) is 31.9 Å². The maximum absolute atomic E-state index is 11.8. The molecule has 0 saturated carbocycles. The SMILES string of the molecule is CCc1ccc(/C=C(\C#N)C(=O)NC(C)C)cc1[N+](=O)[O-]. The number of nitriles is 1. The van der Waals surface area contributed by atoms with Crippen LogP contribution in [0.15, 0.2) is 23.8 Å². The van der Waals surface area contributed by atoms with Gasteiger partial charge in [0.05, 0.1) is 4.92 Å². The van der Waals surface area contributed by atoms with Crippen molar-refractivity contribution in [3.8, 4) is 6.07 Å². The summed E-state index contributed by atoms with van der Waals surface area (Å²) in [6.45, 7) is 5.40. The average Bonchev–Trinajstić information content (AvgIpc) is 2.43. The van der Waals surface area contributed by atoms with Crippen molar-refractivity contribution in [1.82, 2.24) is 5.32 Å². The first-order valence-corrected chi connectivity index (χ1v) is 6.59. The lowest BCUT2D eigenvalue weighted by Gasteiger charge is -2.07. The minimum atomic E-state index is -0.491. The molecule has 0 fully saturated rings. The lowest BCUT2D eigenvalue weighted by atomic mass is 10.0. The van der Waals surface area contributed by atoms with Crippen LogP contribution in [0.3, 0.4) is 0 Å². The van der Waals surface area contributed by atoms with Crippen LogP contribution in [0.5, 0.6) is 0 Å². The quantitative estimate of drug-likeness (QED) is 0.389. The van der Waals surface area contributed by atoms with Gasteiger partial charge in [-0.15, -0.1) is 0 Å². The number of benzene rings is 1. The number of carbonyl (C=O) groups is 1. The van der Waals surface area contributed by atoms with Crippen LogP contribution < -0.4 is 5.32 Å². The largest absolute Gasteiger partial charge is 0.349 e. The highest BCUT2D eigenvalue weighted by Gasteiger charge is 2.14. The van der Waals surface area contributed by atoms with Crippen LogP contribution in [0.25, 0.3) is 6.08 Å². The van der Waals surface area contributed by atoms with E-state index in [1.807, 2.05) is 13.0 Å². The van der Waals surface area contributed by atoms with E-state index in [1.54, 1.807) is 26.0 Å². The van der Waals surface area contributed by atoms with Crippen LogP contribution in [0, 0.1) is 21.4 Å². The highest BCUT2D eigenvalue weighted by Crippen LogP contribution is 2.22. The monoisotopic (exact) mass is 287 g/mol. The number of nitro groups is 1. The van der Waals surface area contributed by atoms with E-state index in [1.165, 1.54) is 12.1 Å². The summed E-state index contributed by atoms with van der Waals surface area (Å²) in [6.07, 6.45) is 1.89. The smallest absolute Gasteiger partial charge is 0.273 e. The number of nitrogens with zero attached hydrogens (tertiary/aromatic N) is 2. The van der Waals surface area contributed by atoms with E-state index in [0.717, 1.165) is 0 Å². The van der Waals surface area contributed by atoms with E-state index < -0.39 is 10.8 Å². The Kier molecular flexibility index (Phi) is 5.61. The maximum atomic E-state index is 11.8. The number of hydrogen-bond acceptors (Lipinski definition) is 4. The topological polar surface area (TPSA) is 96.0 Å². The first kappa shape index (κ1) is 16.4. The van der Waals surface area contributed by atoms with E-state index in [-0.39, 0.29) is 17.3 Å². The standard InChI is InChI=1S/C15H17N3O3/c1-4-12-6-5-11(8-14(12)18(20)21)7-13(9-16)15(19)17-10(2)3/h5-8,10H,4H2,1-3H3,(H,17,19)/b13-7+. The number of amides is 1. The van der Waals surface area contributed by atoms with Crippen LogP contribution in [0.4, 0.5) is 5.69 Å². The Labute approximate surface area is 123 Å². The van der Waals surface area contributed by atoms with Crippen molar-refractivity contribution in [2.75, 3.05) is 0 Å². The van der Waals surface area contributed by atoms with Crippen molar-refractivity contribution in [3.63, 3.8) is 0 Å². The zero-order valence-corrected chi connectivity index (χ0v) is 12.2. The van der Waals surface area contributed by atoms with Gasteiger partial charge in [0.15, 0.2) is 0 Å². The first-order valence-electron chi connectivity index (χ1n) is 6.59. The molecule has 1 aromatic carbocycles. The normalized spacial score (nSPS) is 11.1. The third kappa shape index (κ3) is 4.42. The fraction of sp³-hybridized carbons (Fsp3) is 0.333.